The first-order valence-electron chi connectivity index (χ1n) is 5.70. The van der Waals surface area contributed by atoms with E-state index in [1.807, 2.05) is 19.1 Å². The van der Waals surface area contributed by atoms with Crippen LogP contribution in [0.15, 0.2) is 43.7 Å². The average molecular weight is 463 g/mol. The van der Waals surface area contributed by atoms with Crippen molar-refractivity contribution < 1.29 is 4.79 Å². The monoisotopic (exact) mass is 460 g/mol. The molecule has 0 bridgehead atoms. The molecule has 104 valence electrons. The number of aryl methyl sites for hydroxylation is 1. The third-order valence-electron chi connectivity index (χ3n) is 2.66. The molecule has 3 nitrogen and oxygen atoms in total. The van der Waals surface area contributed by atoms with Gasteiger partial charge in [0.25, 0.3) is 5.91 Å². The van der Waals surface area contributed by atoms with Crippen molar-refractivity contribution in [2.45, 2.75) is 6.92 Å². The summed E-state index contributed by atoms with van der Waals surface area (Å²) in [5.74, 6) is -0.227. The number of nitrogen functional groups attached to an aromatic ring is 1. The van der Waals surface area contributed by atoms with Crippen LogP contribution >= 0.6 is 47.8 Å². The van der Waals surface area contributed by atoms with Crippen LogP contribution in [0.3, 0.4) is 0 Å². The third-order valence-corrected chi connectivity index (χ3v) is 4.60. The second-order valence-electron chi connectivity index (χ2n) is 4.30. The molecule has 6 heteroatoms. The molecule has 0 aliphatic rings. The molecule has 0 aromatic heterocycles. The van der Waals surface area contributed by atoms with Crippen LogP contribution in [0.1, 0.15) is 15.9 Å². The van der Waals surface area contributed by atoms with Crippen molar-refractivity contribution in [3.63, 3.8) is 0 Å². The van der Waals surface area contributed by atoms with E-state index in [-0.39, 0.29) is 5.91 Å². The second-order valence-corrected chi connectivity index (χ2v) is 6.86. The summed E-state index contributed by atoms with van der Waals surface area (Å²) in [5.41, 5.74) is 8.53. The van der Waals surface area contributed by atoms with Gasteiger partial charge in [-0.2, -0.15) is 0 Å². The number of rotatable bonds is 2. The number of hydrogen-bond donors (Lipinski definition) is 2. The standard InChI is InChI=1S/C14H11Br3N2O/c1-7-4-11(16)13(12(17)5-7)19-14(20)9-6-8(18)2-3-10(9)15/h2-6H,18H2,1H3,(H,19,20). The predicted molar refractivity (Wildman–Crippen MR) is 93.1 cm³/mol. The maximum atomic E-state index is 12.3. The highest BCUT2D eigenvalue weighted by molar-refractivity contribution is 9.11. The summed E-state index contributed by atoms with van der Waals surface area (Å²) in [5, 5.41) is 2.87. The summed E-state index contributed by atoms with van der Waals surface area (Å²) in [6, 6.07) is 9.00. The summed E-state index contributed by atoms with van der Waals surface area (Å²) >= 11 is 10.3. The van der Waals surface area contributed by atoms with Crippen LogP contribution < -0.4 is 11.1 Å². The maximum absolute atomic E-state index is 12.3. The van der Waals surface area contributed by atoms with Crippen molar-refractivity contribution in [1.29, 1.82) is 0 Å². The predicted octanol–water partition coefficient (Wildman–Crippen LogP) is 5.12. The molecule has 0 aliphatic carbocycles. The Balaban J connectivity index is 2.35. The molecule has 2 rings (SSSR count). The molecule has 0 saturated heterocycles. The first-order chi connectivity index (χ1) is 9.38. The van der Waals surface area contributed by atoms with Gasteiger partial charge in [-0.1, -0.05) is 0 Å². The fourth-order valence-electron chi connectivity index (χ4n) is 1.72. The van der Waals surface area contributed by atoms with E-state index in [0.717, 1.165) is 14.5 Å². The van der Waals surface area contributed by atoms with Gasteiger partial charge in [0.1, 0.15) is 0 Å². The van der Waals surface area contributed by atoms with Gasteiger partial charge in [0.2, 0.25) is 0 Å². The van der Waals surface area contributed by atoms with Gasteiger partial charge in [0, 0.05) is 19.1 Å². The van der Waals surface area contributed by atoms with Crippen molar-refractivity contribution in [3.05, 3.63) is 54.9 Å². The molecule has 0 aliphatic heterocycles. The van der Waals surface area contributed by atoms with E-state index in [4.69, 9.17) is 5.73 Å². The highest BCUT2D eigenvalue weighted by Gasteiger charge is 2.14. The molecular weight excluding hydrogens is 452 g/mol. The molecule has 0 saturated carbocycles. The Morgan fingerprint density at radius 1 is 1.05 bits per heavy atom. The zero-order valence-electron chi connectivity index (χ0n) is 10.5. The number of hydrogen-bond acceptors (Lipinski definition) is 2. The number of nitrogens with two attached hydrogens (primary N) is 1. The molecule has 0 spiro atoms. The lowest BCUT2D eigenvalue weighted by Gasteiger charge is -2.12. The van der Waals surface area contributed by atoms with Gasteiger partial charge in [-0.05, 0) is 90.6 Å². The smallest absolute Gasteiger partial charge is 0.256 e. The Bertz CT molecular complexity index is 663. The van der Waals surface area contributed by atoms with Crippen LogP contribution in [0.2, 0.25) is 0 Å². The summed E-state index contributed by atoms with van der Waals surface area (Å²) in [4.78, 5) is 12.3. The Morgan fingerprint density at radius 3 is 2.25 bits per heavy atom. The molecular formula is C14H11Br3N2O. The molecule has 3 N–H and O–H groups in total. The molecule has 20 heavy (non-hydrogen) atoms. The van der Waals surface area contributed by atoms with Crippen LogP contribution in [0, 0.1) is 6.92 Å². The van der Waals surface area contributed by atoms with Gasteiger partial charge < -0.3 is 11.1 Å². The summed E-state index contributed by atoms with van der Waals surface area (Å²) in [6.07, 6.45) is 0. The highest BCUT2D eigenvalue weighted by atomic mass is 79.9. The topological polar surface area (TPSA) is 55.1 Å². The Kier molecular flexibility index (Phi) is 4.88. The van der Waals surface area contributed by atoms with Crippen molar-refractivity contribution in [2.24, 2.45) is 0 Å². The highest BCUT2D eigenvalue weighted by Crippen LogP contribution is 2.33. The molecule has 2 aromatic carbocycles. The van der Waals surface area contributed by atoms with Gasteiger partial charge in [-0.3, -0.25) is 4.79 Å². The normalized spacial score (nSPS) is 10.4. The molecule has 0 unspecified atom stereocenters. The van der Waals surface area contributed by atoms with Gasteiger partial charge in [-0.25, -0.2) is 0 Å². The van der Waals surface area contributed by atoms with Crippen molar-refractivity contribution >= 4 is 65.1 Å². The minimum atomic E-state index is -0.227. The fourth-order valence-corrected chi connectivity index (χ4v) is 3.76. The number of benzene rings is 2. The number of anilines is 2. The third kappa shape index (κ3) is 3.42. The number of halogens is 3. The fraction of sp³-hybridized carbons (Fsp3) is 0.0714. The van der Waals surface area contributed by atoms with E-state index >= 15 is 0 Å². The molecule has 0 heterocycles. The average Bonchev–Trinajstić information content (AvgIpc) is 2.36. The van der Waals surface area contributed by atoms with E-state index in [0.29, 0.717) is 21.4 Å². The van der Waals surface area contributed by atoms with Gasteiger partial charge in [-0.15, -0.1) is 0 Å². The second kappa shape index (κ2) is 6.28. The lowest BCUT2D eigenvalue weighted by Crippen LogP contribution is -2.14. The van der Waals surface area contributed by atoms with Crippen molar-refractivity contribution in [1.82, 2.24) is 0 Å². The van der Waals surface area contributed by atoms with Gasteiger partial charge in [0.15, 0.2) is 0 Å². The SMILES string of the molecule is Cc1cc(Br)c(NC(=O)c2cc(N)ccc2Br)c(Br)c1. The zero-order chi connectivity index (χ0) is 14.9. The lowest BCUT2D eigenvalue weighted by molar-refractivity contribution is 0.102. The lowest BCUT2D eigenvalue weighted by atomic mass is 10.1. The van der Waals surface area contributed by atoms with Gasteiger partial charge in [0.05, 0.1) is 11.3 Å². The first kappa shape index (κ1) is 15.5. The first-order valence-corrected chi connectivity index (χ1v) is 8.08. The molecule has 1 amide bonds. The molecule has 2 aromatic rings. The Morgan fingerprint density at radius 2 is 1.65 bits per heavy atom. The van der Waals surface area contributed by atoms with Gasteiger partial charge >= 0.3 is 0 Å². The van der Waals surface area contributed by atoms with Crippen LogP contribution in [-0.4, -0.2) is 5.91 Å². The number of carbonyl (C=O) groups is 1. The van der Waals surface area contributed by atoms with E-state index in [1.54, 1.807) is 18.2 Å². The molecule has 0 radical (unpaired) electrons. The van der Waals surface area contributed by atoms with E-state index in [1.165, 1.54) is 0 Å². The summed E-state index contributed by atoms with van der Waals surface area (Å²) in [7, 11) is 0. The van der Waals surface area contributed by atoms with Crippen LogP contribution in [0.25, 0.3) is 0 Å². The number of carbonyl (C=O) groups excluding carboxylic acids is 1. The minimum absolute atomic E-state index is 0.227. The quantitative estimate of drug-likeness (QED) is 0.609. The minimum Gasteiger partial charge on any atom is -0.399 e. The van der Waals surface area contributed by atoms with E-state index in [2.05, 4.69) is 53.1 Å². The van der Waals surface area contributed by atoms with E-state index in [9.17, 15) is 4.79 Å². The summed E-state index contributed by atoms with van der Waals surface area (Å²) in [6.45, 7) is 1.98. The van der Waals surface area contributed by atoms with Crippen LogP contribution in [0.5, 0.6) is 0 Å². The number of amides is 1. The van der Waals surface area contributed by atoms with E-state index < -0.39 is 0 Å². The largest absolute Gasteiger partial charge is 0.399 e. The van der Waals surface area contributed by atoms with Crippen LogP contribution in [0.4, 0.5) is 11.4 Å². The Hall–Kier alpha value is -0.850. The number of nitrogens with one attached hydrogen (secondary N) is 1. The van der Waals surface area contributed by atoms with Crippen LogP contribution in [-0.2, 0) is 0 Å². The van der Waals surface area contributed by atoms with Crippen molar-refractivity contribution in [2.75, 3.05) is 11.1 Å². The van der Waals surface area contributed by atoms with Crippen molar-refractivity contribution in [3.8, 4) is 0 Å². The zero-order valence-corrected chi connectivity index (χ0v) is 15.3. The molecule has 0 fully saturated rings. The summed E-state index contributed by atoms with van der Waals surface area (Å²) < 4.78 is 2.33. The molecule has 0 atom stereocenters. The Labute approximate surface area is 142 Å². The maximum Gasteiger partial charge on any atom is 0.256 e.